The van der Waals surface area contributed by atoms with Crippen molar-refractivity contribution in [1.29, 1.82) is 0 Å². The fourth-order valence-electron chi connectivity index (χ4n) is 2.82. The van der Waals surface area contributed by atoms with Gasteiger partial charge in [-0.1, -0.05) is 65.0 Å². The Hall–Kier alpha value is -2.66. The highest BCUT2D eigenvalue weighted by atomic mass is 79.9. The molecule has 0 aliphatic rings. The van der Waals surface area contributed by atoms with Crippen LogP contribution in [0.2, 0.25) is 0 Å². The number of amides is 1. The van der Waals surface area contributed by atoms with Crippen molar-refractivity contribution >= 4 is 38.9 Å². The molecule has 2 aromatic carbocycles. The summed E-state index contributed by atoms with van der Waals surface area (Å²) in [6.07, 6.45) is 3.34. The summed E-state index contributed by atoms with van der Waals surface area (Å²) in [4.78, 5) is 17.0. The molecule has 4 nitrogen and oxygen atoms in total. The van der Waals surface area contributed by atoms with Gasteiger partial charge in [0.2, 0.25) is 5.91 Å². The monoisotopic (exact) mass is 409 g/mol. The average Bonchev–Trinajstić information content (AvgIpc) is 2.99. The Balaban J connectivity index is 1.81. The number of carbonyl (C=O) groups is 1. The highest BCUT2D eigenvalue weighted by Crippen LogP contribution is 2.23. The lowest BCUT2D eigenvalue weighted by atomic mass is 10.2. The molecular weight excluding hydrogens is 390 g/mol. The summed E-state index contributed by atoms with van der Waals surface area (Å²) >= 11 is 3.42. The van der Waals surface area contributed by atoms with Crippen molar-refractivity contribution < 1.29 is 4.79 Å². The lowest BCUT2D eigenvalue weighted by Gasteiger charge is -2.15. The topological polar surface area (TPSA) is 46.9 Å². The first kappa shape index (κ1) is 18.1. The number of halogens is 1. The van der Waals surface area contributed by atoms with Crippen LogP contribution in [0.5, 0.6) is 0 Å². The normalized spacial score (nSPS) is 12.4. The number of hydrogen-bond donors (Lipinski definition) is 1. The summed E-state index contributed by atoms with van der Waals surface area (Å²) in [5, 5.41) is 2.99. The molecule has 3 rings (SSSR count). The molecule has 26 heavy (non-hydrogen) atoms. The maximum Gasteiger partial charge on any atom is 0.244 e. The van der Waals surface area contributed by atoms with Crippen LogP contribution in [0.4, 0.5) is 0 Å². The van der Waals surface area contributed by atoms with Gasteiger partial charge in [-0.2, -0.15) is 0 Å². The Morgan fingerprint density at radius 1 is 1.23 bits per heavy atom. The lowest BCUT2D eigenvalue weighted by molar-refractivity contribution is -0.117. The number of carbonyl (C=O) groups excluding carboxylic acids is 1. The summed E-state index contributed by atoms with van der Waals surface area (Å²) < 4.78 is 2.92. The first-order valence-corrected chi connectivity index (χ1v) is 9.16. The van der Waals surface area contributed by atoms with E-state index in [1.165, 1.54) is 0 Å². The van der Waals surface area contributed by atoms with E-state index < -0.39 is 0 Å². The second-order valence-electron chi connectivity index (χ2n) is 6.04. The minimum atomic E-state index is -0.234. The van der Waals surface area contributed by atoms with Crippen molar-refractivity contribution in [2.45, 2.75) is 19.5 Å². The molecule has 1 atom stereocenters. The number of aromatic nitrogens is 2. The zero-order chi connectivity index (χ0) is 18.5. The minimum Gasteiger partial charge on any atom is -0.343 e. The zero-order valence-corrected chi connectivity index (χ0v) is 16.1. The van der Waals surface area contributed by atoms with Crippen LogP contribution in [0.15, 0.2) is 71.7 Å². The van der Waals surface area contributed by atoms with Crippen LogP contribution >= 0.6 is 15.9 Å². The number of benzene rings is 2. The van der Waals surface area contributed by atoms with Crippen molar-refractivity contribution in [3.63, 3.8) is 0 Å². The van der Waals surface area contributed by atoms with E-state index in [9.17, 15) is 4.79 Å². The second-order valence-corrected chi connectivity index (χ2v) is 7.16. The van der Waals surface area contributed by atoms with Crippen LogP contribution in [0.3, 0.4) is 0 Å². The largest absolute Gasteiger partial charge is 0.343 e. The molecular formula is C21H20BrN3O. The Bertz CT molecular complexity index is 960. The predicted molar refractivity (Wildman–Crippen MR) is 110 cm³/mol. The maximum absolute atomic E-state index is 12.3. The van der Waals surface area contributed by atoms with Gasteiger partial charge >= 0.3 is 0 Å². The van der Waals surface area contributed by atoms with Gasteiger partial charge in [-0.15, -0.1) is 0 Å². The first-order valence-electron chi connectivity index (χ1n) is 8.36. The molecule has 0 fully saturated rings. The third kappa shape index (κ3) is 4.29. The van der Waals surface area contributed by atoms with E-state index in [1.54, 1.807) is 12.2 Å². The fourth-order valence-corrected chi connectivity index (χ4v) is 3.08. The van der Waals surface area contributed by atoms with E-state index in [0.29, 0.717) is 6.54 Å². The van der Waals surface area contributed by atoms with E-state index in [0.717, 1.165) is 26.9 Å². The Morgan fingerprint density at radius 2 is 1.92 bits per heavy atom. The van der Waals surface area contributed by atoms with Crippen molar-refractivity contribution in [3.05, 3.63) is 83.1 Å². The molecule has 1 amide bonds. The van der Waals surface area contributed by atoms with Gasteiger partial charge in [0.05, 0.1) is 23.6 Å². The van der Waals surface area contributed by atoms with Crippen molar-refractivity contribution in [3.8, 4) is 0 Å². The quantitative estimate of drug-likeness (QED) is 0.592. The van der Waals surface area contributed by atoms with Gasteiger partial charge < -0.3 is 9.88 Å². The van der Waals surface area contributed by atoms with Gasteiger partial charge in [-0.3, -0.25) is 4.79 Å². The van der Waals surface area contributed by atoms with E-state index >= 15 is 0 Å². The highest BCUT2D eigenvalue weighted by molar-refractivity contribution is 9.11. The molecule has 1 heterocycles. The van der Waals surface area contributed by atoms with Gasteiger partial charge in [0.15, 0.2) is 0 Å². The van der Waals surface area contributed by atoms with Crippen LogP contribution in [0.1, 0.15) is 24.4 Å². The smallest absolute Gasteiger partial charge is 0.244 e. The second kappa shape index (κ2) is 8.15. The standard InChI is InChI=1S/C21H20BrN3O/c1-15(22)14-25-19-11-7-6-10-18(19)24-21(25)16(2)23-20(26)13-12-17-8-4-3-5-9-17/h3-13,16H,1,14H2,2H3,(H,23,26)/b13-12-. The number of rotatable bonds is 6. The molecule has 0 spiro atoms. The van der Waals surface area contributed by atoms with Gasteiger partial charge in [0, 0.05) is 10.6 Å². The molecule has 1 N–H and O–H groups in total. The molecule has 0 aliphatic heterocycles. The summed E-state index contributed by atoms with van der Waals surface area (Å²) in [7, 11) is 0. The zero-order valence-electron chi connectivity index (χ0n) is 14.5. The van der Waals surface area contributed by atoms with Crippen LogP contribution in [0, 0.1) is 0 Å². The lowest BCUT2D eigenvalue weighted by Crippen LogP contribution is -2.27. The van der Waals surface area contributed by atoms with E-state index in [4.69, 9.17) is 4.98 Å². The number of nitrogens with one attached hydrogen (secondary N) is 1. The molecule has 0 saturated heterocycles. The first-order chi connectivity index (χ1) is 12.5. The van der Waals surface area contributed by atoms with E-state index in [-0.39, 0.29) is 11.9 Å². The van der Waals surface area contributed by atoms with Crippen LogP contribution in [-0.2, 0) is 11.3 Å². The molecule has 0 aliphatic carbocycles. The Morgan fingerprint density at radius 3 is 2.65 bits per heavy atom. The maximum atomic E-state index is 12.3. The summed E-state index contributed by atoms with van der Waals surface area (Å²) in [6, 6.07) is 17.4. The minimum absolute atomic E-state index is 0.155. The fraction of sp³-hybridized carbons (Fsp3) is 0.143. The summed E-state index contributed by atoms with van der Waals surface area (Å²) in [5.41, 5.74) is 2.90. The molecule has 132 valence electrons. The summed E-state index contributed by atoms with van der Waals surface area (Å²) in [5.74, 6) is 0.644. The predicted octanol–water partition coefficient (Wildman–Crippen LogP) is 4.84. The molecule has 0 bridgehead atoms. The Labute approximate surface area is 161 Å². The van der Waals surface area contributed by atoms with Crippen LogP contribution in [0.25, 0.3) is 17.1 Å². The van der Waals surface area contributed by atoms with Gasteiger partial charge in [0.1, 0.15) is 5.82 Å². The summed E-state index contributed by atoms with van der Waals surface area (Å²) in [6.45, 7) is 6.46. The number of nitrogens with zero attached hydrogens (tertiary/aromatic N) is 2. The number of para-hydroxylation sites is 2. The van der Waals surface area contributed by atoms with Crippen molar-refractivity contribution in [1.82, 2.24) is 14.9 Å². The molecule has 3 aromatic rings. The van der Waals surface area contributed by atoms with Gasteiger partial charge in [-0.25, -0.2) is 4.98 Å². The third-order valence-electron chi connectivity index (χ3n) is 3.99. The number of hydrogen-bond acceptors (Lipinski definition) is 2. The van der Waals surface area contributed by atoms with Gasteiger partial charge in [-0.05, 0) is 30.7 Å². The van der Waals surface area contributed by atoms with Gasteiger partial charge in [0.25, 0.3) is 0 Å². The number of allylic oxidation sites excluding steroid dienone is 1. The van der Waals surface area contributed by atoms with Crippen molar-refractivity contribution in [2.24, 2.45) is 0 Å². The number of imidazole rings is 1. The number of fused-ring (bicyclic) bond motifs is 1. The van der Waals surface area contributed by atoms with Crippen LogP contribution in [-0.4, -0.2) is 15.5 Å². The molecule has 1 unspecified atom stereocenters. The molecule has 1 aromatic heterocycles. The molecule has 5 heteroatoms. The Kier molecular flexibility index (Phi) is 5.68. The van der Waals surface area contributed by atoms with Crippen LogP contribution < -0.4 is 5.32 Å². The highest BCUT2D eigenvalue weighted by Gasteiger charge is 2.17. The molecule has 0 saturated carbocycles. The third-order valence-corrected chi connectivity index (χ3v) is 4.24. The molecule has 0 radical (unpaired) electrons. The SMILES string of the molecule is C=C(Br)Cn1c(C(C)NC(=O)/C=C\c2ccccc2)nc2ccccc21. The average molecular weight is 410 g/mol. The van der Waals surface area contributed by atoms with E-state index in [1.807, 2.05) is 61.5 Å². The van der Waals surface area contributed by atoms with Crippen molar-refractivity contribution in [2.75, 3.05) is 0 Å². The van der Waals surface area contributed by atoms with E-state index in [2.05, 4.69) is 32.4 Å².